The minimum Gasteiger partial charge on any atom is -0.387 e. The summed E-state index contributed by atoms with van der Waals surface area (Å²) in [7, 11) is 0. The Balaban J connectivity index is 2.78. The summed E-state index contributed by atoms with van der Waals surface area (Å²) in [4.78, 5) is 0. The van der Waals surface area contributed by atoms with Crippen LogP contribution in [-0.4, -0.2) is 21.6 Å². The Morgan fingerprint density at radius 3 is 3.09 bits per heavy atom. The predicted octanol–water partition coefficient (Wildman–Crippen LogP) is 0.906. The molecule has 4 heteroatoms. The van der Waals surface area contributed by atoms with Gasteiger partial charge in [-0.3, -0.25) is 4.68 Å². The molecule has 1 aromatic heterocycles. The lowest BCUT2D eigenvalue weighted by molar-refractivity contribution is 0.185. The van der Waals surface area contributed by atoms with Gasteiger partial charge in [-0.25, -0.2) is 4.39 Å². The van der Waals surface area contributed by atoms with Gasteiger partial charge in [0.2, 0.25) is 0 Å². The van der Waals surface area contributed by atoms with Crippen LogP contribution in [-0.2, 0) is 6.54 Å². The summed E-state index contributed by atoms with van der Waals surface area (Å²) in [5.41, 5.74) is 0.655. The molecule has 1 rings (SSSR count). The zero-order valence-corrected chi connectivity index (χ0v) is 6.37. The number of aryl methyl sites for hydroxylation is 1. The van der Waals surface area contributed by atoms with Crippen molar-refractivity contribution in [3.8, 4) is 0 Å². The molecule has 11 heavy (non-hydrogen) atoms. The molecule has 0 aliphatic rings. The van der Waals surface area contributed by atoms with Crippen molar-refractivity contribution >= 4 is 0 Å². The summed E-state index contributed by atoms with van der Waals surface area (Å²) in [6, 6.07) is 1.68. The first kappa shape index (κ1) is 8.20. The van der Waals surface area contributed by atoms with E-state index in [1.807, 2.05) is 0 Å². The molecule has 1 unspecified atom stereocenters. The molecular formula is C7H11FN2O. The van der Waals surface area contributed by atoms with Gasteiger partial charge in [0.05, 0.1) is 18.3 Å². The summed E-state index contributed by atoms with van der Waals surface area (Å²) < 4.78 is 13.3. The third kappa shape index (κ3) is 1.77. The fourth-order valence-electron chi connectivity index (χ4n) is 0.965. The Hall–Kier alpha value is -0.900. The smallest absolute Gasteiger partial charge is 0.109 e. The van der Waals surface area contributed by atoms with Gasteiger partial charge in [0.1, 0.15) is 6.67 Å². The van der Waals surface area contributed by atoms with E-state index in [2.05, 4.69) is 5.10 Å². The standard InChI is InChI=1S/C7H11FN2O/c1-6(11)7-2-4-9-10(7)5-3-8/h2,4,6,11H,3,5H2,1H3. The topological polar surface area (TPSA) is 38.1 Å². The van der Waals surface area contributed by atoms with Crippen molar-refractivity contribution < 1.29 is 9.50 Å². The van der Waals surface area contributed by atoms with Crippen LogP contribution in [0.25, 0.3) is 0 Å². The summed E-state index contributed by atoms with van der Waals surface area (Å²) in [6.45, 7) is 1.39. The fourth-order valence-corrected chi connectivity index (χ4v) is 0.965. The fraction of sp³-hybridized carbons (Fsp3) is 0.571. The maximum Gasteiger partial charge on any atom is 0.109 e. The second-order valence-corrected chi connectivity index (χ2v) is 2.34. The van der Waals surface area contributed by atoms with Gasteiger partial charge >= 0.3 is 0 Å². The number of nitrogens with zero attached hydrogens (tertiary/aromatic N) is 2. The summed E-state index contributed by atoms with van der Waals surface area (Å²) in [5, 5.41) is 13.0. The van der Waals surface area contributed by atoms with E-state index < -0.39 is 12.8 Å². The van der Waals surface area contributed by atoms with E-state index in [0.717, 1.165) is 0 Å². The van der Waals surface area contributed by atoms with Crippen LogP contribution in [0.4, 0.5) is 4.39 Å². The Kier molecular flexibility index (Phi) is 2.59. The minimum atomic E-state index is -0.580. The Bertz CT molecular complexity index is 222. The van der Waals surface area contributed by atoms with Crippen molar-refractivity contribution in [2.75, 3.05) is 6.67 Å². The van der Waals surface area contributed by atoms with E-state index in [0.29, 0.717) is 5.69 Å². The first-order valence-corrected chi connectivity index (χ1v) is 3.51. The van der Waals surface area contributed by atoms with Gasteiger partial charge in [0.15, 0.2) is 0 Å². The molecule has 1 heterocycles. The van der Waals surface area contributed by atoms with Crippen molar-refractivity contribution in [3.05, 3.63) is 18.0 Å². The van der Waals surface area contributed by atoms with E-state index in [-0.39, 0.29) is 6.54 Å². The molecule has 1 atom stereocenters. The van der Waals surface area contributed by atoms with Crippen molar-refractivity contribution in [2.24, 2.45) is 0 Å². The SMILES string of the molecule is CC(O)c1ccnn1CCF. The summed E-state index contributed by atoms with van der Waals surface area (Å²) >= 11 is 0. The second-order valence-electron chi connectivity index (χ2n) is 2.34. The van der Waals surface area contributed by atoms with Crippen LogP contribution < -0.4 is 0 Å². The number of hydrogen-bond acceptors (Lipinski definition) is 2. The molecule has 0 aromatic carbocycles. The molecule has 0 saturated heterocycles. The van der Waals surface area contributed by atoms with E-state index in [1.165, 1.54) is 4.68 Å². The molecule has 0 fully saturated rings. The zero-order chi connectivity index (χ0) is 8.27. The van der Waals surface area contributed by atoms with Gasteiger partial charge in [0.25, 0.3) is 0 Å². The molecule has 0 saturated carbocycles. The summed E-state index contributed by atoms with van der Waals surface area (Å²) in [5.74, 6) is 0. The van der Waals surface area contributed by atoms with Crippen LogP contribution in [0.3, 0.4) is 0 Å². The first-order valence-electron chi connectivity index (χ1n) is 3.51. The lowest BCUT2D eigenvalue weighted by Crippen LogP contribution is -2.08. The van der Waals surface area contributed by atoms with Gasteiger partial charge in [-0.05, 0) is 13.0 Å². The quantitative estimate of drug-likeness (QED) is 0.709. The van der Waals surface area contributed by atoms with Gasteiger partial charge < -0.3 is 5.11 Å². The average molecular weight is 158 g/mol. The zero-order valence-electron chi connectivity index (χ0n) is 6.37. The van der Waals surface area contributed by atoms with E-state index in [1.54, 1.807) is 19.2 Å². The van der Waals surface area contributed by atoms with Crippen LogP contribution in [0.5, 0.6) is 0 Å². The van der Waals surface area contributed by atoms with Crippen molar-refractivity contribution in [3.63, 3.8) is 0 Å². The van der Waals surface area contributed by atoms with Crippen LogP contribution in [0, 0.1) is 0 Å². The molecule has 0 radical (unpaired) electrons. The maximum absolute atomic E-state index is 11.9. The molecule has 1 aromatic rings. The summed E-state index contributed by atoms with van der Waals surface area (Å²) in [6.07, 6.45) is 0.974. The van der Waals surface area contributed by atoms with Gasteiger partial charge in [-0.2, -0.15) is 5.10 Å². The van der Waals surface area contributed by atoms with E-state index in [4.69, 9.17) is 5.11 Å². The monoisotopic (exact) mass is 158 g/mol. The number of alkyl halides is 1. The maximum atomic E-state index is 11.9. The highest BCUT2D eigenvalue weighted by atomic mass is 19.1. The van der Waals surface area contributed by atoms with E-state index >= 15 is 0 Å². The molecular weight excluding hydrogens is 147 g/mol. The third-order valence-electron chi connectivity index (χ3n) is 1.47. The highest BCUT2D eigenvalue weighted by Crippen LogP contribution is 2.09. The first-order chi connectivity index (χ1) is 5.25. The lowest BCUT2D eigenvalue weighted by atomic mass is 10.3. The molecule has 0 amide bonds. The van der Waals surface area contributed by atoms with Crippen LogP contribution in [0.1, 0.15) is 18.7 Å². The van der Waals surface area contributed by atoms with Crippen LogP contribution >= 0.6 is 0 Å². The largest absolute Gasteiger partial charge is 0.387 e. The predicted molar refractivity (Wildman–Crippen MR) is 38.8 cm³/mol. The number of aliphatic hydroxyl groups is 1. The van der Waals surface area contributed by atoms with Gasteiger partial charge in [0, 0.05) is 6.20 Å². The molecule has 62 valence electrons. The number of halogens is 1. The van der Waals surface area contributed by atoms with Crippen molar-refractivity contribution in [2.45, 2.75) is 19.6 Å². The average Bonchev–Trinajstić information content (AvgIpc) is 2.36. The molecule has 0 aliphatic heterocycles. The molecule has 0 bridgehead atoms. The number of hydrogen-bond donors (Lipinski definition) is 1. The normalized spacial score (nSPS) is 13.4. The van der Waals surface area contributed by atoms with Crippen molar-refractivity contribution in [1.29, 1.82) is 0 Å². The molecule has 1 N–H and O–H groups in total. The van der Waals surface area contributed by atoms with Gasteiger partial charge in [-0.15, -0.1) is 0 Å². The Labute approximate surface area is 64.5 Å². The molecule has 3 nitrogen and oxygen atoms in total. The number of aromatic nitrogens is 2. The number of rotatable bonds is 3. The number of aliphatic hydroxyl groups excluding tert-OH is 1. The Morgan fingerprint density at radius 1 is 1.82 bits per heavy atom. The van der Waals surface area contributed by atoms with Gasteiger partial charge in [-0.1, -0.05) is 0 Å². The van der Waals surface area contributed by atoms with E-state index in [9.17, 15) is 4.39 Å². The van der Waals surface area contributed by atoms with Crippen LogP contribution in [0.2, 0.25) is 0 Å². The van der Waals surface area contributed by atoms with Crippen LogP contribution in [0.15, 0.2) is 12.3 Å². The minimum absolute atomic E-state index is 0.216. The molecule has 0 spiro atoms. The Morgan fingerprint density at radius 2 is 2.55 bits per heavy atom. The molecule has 0 aliphatic carbocycles. The highest BCUT2D eigenvalue weighted by Gasteiger charge is 2.06. The lowest BCUT2D eigenvalue weighted by Gasteiger charge is -2.06. The second kappa shape index (κ2) is 3.48. The highest BCUT2D eigenvalue weighted by molar-refractivity contribution is 5.02. The third-order valence-corrected chi connectivity index (χ3v) is 1.47. The van der Waals surface area contributed by atoms with Crippen molar-refractivity contribution in [1.82, 2.24) is 9.78 Å².